The average molecular weight is 879 g/mol. The van der Waals surface area contributed by atoms with Gasteiger partial charge in [0, 0.05) is 33.3 Å². The van der Waals surface area contributed by atoms with E-state index in [0.29, 0.717) is 56.0 Å². The Labute approximate surface area is 367 Å². The summed E-state index contributed by atoms with van der Waals surface area (Å²) in [5.41, 5.74) is 2.93. The second-order valence-electron chi connectivity index (χ2n) is 15.0. The minimum atomic E-state index is -4.28. The monoisotopic (exact) mass is 878 g/mol. The van der Waals surface area contributed by atoms with E-state index in [1.807, 2.05) is 60.7 Å². The van der Waals surface area contributed by atoms with Gasteiger partial charge in [-0.2, -0.15) is 0 Å². The average Bonchev–Trinajstić information content (AvgIpc) is 3.89. The SMILES string of the molecule is O=C(O)c1cccc2c(-c3nc4cc(S(=O)(=O)c5ccc6c(c5)nc(-c5ccc(C(=O)O)c7c(C(=O)O)cccc57)n6-c5ccccc5)ccc4n3-c3ccccc3)ccc(C(=O)O)c12. The molecule has 0 aliphatic heterocycles. The maximum atomic E-state index is 14.6. The Morgan fingerprint density at radius 1 is 0.415 bits per heavy atom. The molecule has 316 valence electrons. The highest BCUT2D eigenvalue weighted by Crippen LogP contribution is 2.39. The van der Waals surface area contributed by atoms with Crippen molar-refractivity contribution in [1.29, 1.82) is 0 Å². The van der Waals surface area contributed by atoms with E-state index in [1.54, 1.807) is 45.5 Å². The number of benzene rings is 8. The minimum Gasteiger partial charge on any atom is -0.478 e. The van der Waals surface area contributed by atoms with Crippen molar-refractivity contribution in [3.8, 4) is 34.2 Å². The first kappa shape index (κ1) is 40.1. The van der Waals surface area contributed by atoms with Crippen molar-refractivity contribution in [2.45, 2.75) is 9.79 Å². The molecule has 4 N–H and O–H groups in total. The van der Waals surface area contributed by atoms with Crippen LogP contribution in [-0.4, -0.2) is 71.8 Å². The van der Waals surface area contributed by atoms with Gasteiger partial charge in [0.1, 0.15) is 11.6 Å². The van der Waals surface area contributed by atoms with Gasteiger partial charge >= 0.3 is 23.9 Å². The van der Waals surface area contributed by atoms with Crippen LogP contribution in [0.1, 0.15) is 41.4 Å². The van der Waals surface area contributed by atoms with Crippen molar-refractivity contribution in [1.82, 2.24) is 19.1 Å². The van der Waals surface area contributed by atoms with Gasteiger partial charge in [-0.15, -0.1) is 0 Å². The molecule has 0 aliphatic rings. The number of rotatable bonds is 10. The van der Waals surface area contributed by atoms with Gasteiger partial charge in [-0.3, -0.25) is 9.13 Å². The molecule has 0 saturated heterocycles. The van der Waals surface area contributed by atoms with Crippen molar-refractivity contribution in [2.75, 3.05) is 0 Å². The fourth-order valence-electron chi connectivity index (χ4n) is 8.55. The first-order valence-electron chi connectivity index (χ1n) is 19.8. The van der Waals surface area contributed by atoms with Crippen LogP contribution in [0, 0.1) is 0 Å². The van der Waals surface area contributed by atoms with Crippen LogP contribution in [0.4, 0.5) is 0 Å². The zero-order valence-corrected chi connectivity index (χ0v) is 34.3. The third kappa shape index (κ3) is 6.44. The van der Waals surface area contributed by atoms with Crippen molar-refractivity contribution in [3.63, 3.8) is 0 Å². The number of carboxylic acids is 4. The Bertz CT molecular complexity index is 3520. The summed E-state index contributed by atoms with van der Waals surface area (Å²) in [5, 5.41) is 40.9. The third-order valence-electron chi connectivity index (χ3n) is 11.4. The summed E-state index contributed by atoms with van der Waals surface area (Å²) < 4.78 is 32.9. The third-order valence-corrected chi connectivity index (χ3v) is 13.1. The lowest BCUT2D eigenvalue weighted by Crippen LogP contribution is -2.06. The van der Waals surface area contributed by atoms with E-state index in [4.69, 9.17) is 9.97 Å². The highest BCUT2D eigenvalue weighted by molar-refractivity contribution is 7.91. The second-order valence-corrected chi connectivity index (χ2v) is 17.0. The summed E-state index contributed by atoms with van der Waals surface area (Å²) >= 11 is 0. The van der Waals surface area contributed by atoms with Crippen molar-refractivity contribution >= 4 is 77.3 Å². The Morgan fingerprint density at radius 2 is 0.785 bits per heavy atom. The molecular weight excluding hydrogens is 849 g/mol. The molecule has 14 nitrogen and oxygen atoms in total. The van der Waals surface area contributed by atoms with Crippen molar-refractivity contribution in [2.24, 2.45) is 0 Å². The van der Waals surface area contributed by atoms with E-state index in [1.165, 1.54) is 60.7 Å². The molecule has 0 unspecified atom stereocenters. The molecule has 0 spiro atoms. The van der Waals surface area contributed by atoms with Crippen LogP contribution in [0.5, 0.6) is 0 Å². The Balaban J connectivity index is 1.15. The standard InChI is InChI=1S/C50H30N4O10S/c55-47(56)35-15-7-13-31-33(19-21-37(43(31)35)49(59)60)45-51-39-25-29(17-23-41(39)53(45)27-9-3-1-4-10-27)65(63,64)30-18-24-42-40(26-30)52-46(54(42)28-11-5-2-6-12-28)34-20-22-38(50(61)62)44-32(34)14-8-16-36(44)48(57)58/h1-26H,(H,55,56)(H,57,58)(H,59,60)(H,61,62). The highest BCUT2D eigenvalue weighted by atomic mass is 32.2. The van der Waals surface area contributed by atoms with Gasteiger partial charge < -0.3 is 20.4 Å². The Morgan fingerprint density at radius 3 is 1.15 bits per heavy atom. The quantitative estimate of drug-likeness (QED) is 0.101. The highest BCUT2D eigenvalue weighted by Gasteiger charge is 2.27. The molecule has 0 radical (unpaired) electrons. The number of carbonyl (C=O) groups is 4. The summed E-state index contributed by atoms with van der Waals surface area (Å²) in [7, 11) is -4.28. The fourth-order valence-corrected chi connectivity index (χ4v) is 9.85. The maximum Gasteiger partial charge on any atom is 0.336 e. The van der Waals surface area contributed by atoms with Gasteiger partial charge in [-0.25, -0.2) is 37.6 Å². The lowest BCUT2D eigenvalue weighted by molar-refractivity contribution is 0.0681. The molecule has 0 aliphatic carbocycles. The number of sulfone groups is 1. The maximum absolute atomic E-state index is 14.6. The van der Waals surface area contributed by atoms with E-state index < -0.39 is 33.7 Å². The summed E-state index contributed by atoms with van der Waals surface area (Å²) in [6.07, 6.45) is 0. The summed E-state index contributed by atoms with van der Waals surface area (Å²) in [5.74, 6) is -4.60. The molecule has 65 heavy (non-hydrogen) atoms. The number of imidazole rings is 2. The van der Waals surface area contributed by atoms with E-state index in [9.17, 15) is 48.0 Å². The molecule has 10 rings (SSSR count). The largest absolute Gasteiger partial charge is 0.478 e. The molecule has 2 heterocycles. The molecular formula is C50H30N4O10S. The van der Waals surface area contributed by atoms with Crippen LogP contribution < -0.4 is 0 Å². The van der Waals surface area contributed by atoms with Crippen molar-refractivity contribution in [3.05, 3.63) is 180 Å². The summed E-state index contributed by atoms with van der Waals surface area (Å²) in [6, 6.07) is 42.1. The second kappa shape index (κ2) is 15.1. The predicted molar refractivity (Wildman–Crippen MR) is 241 cm³/mol. The first-order chi connectivity index (χ1) is 31.3. The Hall–Kier alpha value is -8.95. The van der Waals surface area contributed by atoms with Crippen LogP contribution in [-0.2, 0) is 9.84 Å². The number of nitrogens with zero attached hydrogens (tertiary/aromatic N) is 4. The number of hydrogen-bond acceptors (Lipinski definition) is 8. The number of aromatic nitrogens is 4. The number of carboxylic acid groups (broad SMARTS) is 4. The van der Waals surface area contributed by atoms with Gasteiger partial charge in [0.05, 0.1) is 54.1 Å². The lowest BCUT2D eigenvalue weighted by Gasteiger charge is -2.14. The molecule has 0 atom stereocenters. The number of aromatic carboxylic acids is 4. The molecule has 2 aromatic heterocycles. The number of para-hydroxylation sites is 2. The van der Waals surface area contributed by atoms with Crippen LogP contribution in [0.15, 0.2) is 168 Å². The number of fused-ring (bicyclic) bond motifs is 4. The fraction of sp³-hybridized carbons (Fsp3) is 0. The van der Waals surface area contributed by atoms with Crippen LogP contribution in [0.2, 0.25) is 0 Å². The minimum absolute atomic E-state index is 0.0173. The normalized spacial score (nSPS) is 11.7. The Kier molecular flexibility index (Phi) is 9.35. The van der Waals surface area contributed by atoms with Gasteiger partial charge in [0.2, 0.25) is 9.84 Å². The van der Waals surface area contributed by atoms with E-state index in [2.05, 4.69) is 0 Å². The van der Waals surface area contributed by atoms with Crippen molar-refractivity contribution < 1.29 is 48.0 Å². The predicted octanol–water partition coefficient (Wildman–Crippen LogP) is 9.63. The summed E-state index contributed by atoms with van der Waals surface area (Å²) in [4.78, 5) is 59.0. The molecule has 0 saturated carbocycles. The lowest BCUT2D eigenvalue weighted by atomic mass is 9.95. The van der Waals surface area contributed by atoms with Gasteiger partial charge in [-0.1, -0.05) is 60.7 Å². The van der Waals surface area contributed by atoms with Crippen LogP contribution >= 0.6 is 0 Å². The molecule has 10 aromatic rings. The molecule has 0 amide bonds. The smallest absolute Gasteiger partial charge is 0.336 e. The van der Waals surface area contributed by atoms with Gasteiger partial charge in [0.15, 0.2) is 0 Å². The zero-order valence-electron chi connectivity index (χ0n) is 33.4. The van der Waals surface area contributed by atoms with Crippen LogP contribution in [0.25, 0.3) is 77.8 Å². The summed E-state index contributed by atoms with van der Waals surface area (Å²) in [6.45, 7) is 0. The van der Waals surface area contributed by atoms with E-state index >= 15 is 0 Å². The van der Waals surface area contributed by atoms with Gasteiger partial charge in [-0.05, 0) is 108 Å². The molecule has 0 fully saturated rings. The van der Waals surface area contributed by atoms with E-state index in [-0.39, 0.29) is 53.9 Å². The van der Waals surface area contributed by atoms with E-state index in [0.717, 1.165) is 0 Å². The van der Waals surface area contributed by atoms with Crippen LogP contribution in [0.3, 0.4) is 0 Å². The number of hydrogen-bond donors (Lipinski definition) is 4. The molecule has 15 heteroatoms. The molecule has 8 aromatic carbocycles. The zero-order chi connectivity index (χ0) is 45.3. The molecule has 0 bridgehead atoms. The topological polar surface area (TPSA) is 219 Å². The first-order valence-corrected chi connectivity index (χ1v) is 21.3. The van der Waals surface area contributed by atoms with Gasteiger partial charge in [0.25, 0.3) is 0 Å².